The normalized spacial score (nSPS) is 18.1. The van der Waals surface area contributed by atoms with Crippen molar-refractivity contribution in [2.45, 2.75) is 32.8 Å². The summed E-state index contributed by atoms with van der Waals surface area (Å²) in [5.74, 6) is 6.24. The second-order valence-electron chi connectivity index (χ2n) is 4.50. The molecule has 8 nitrogen and oxygen atoms in total. The lowest BCUT2D eigenvalue weighted by molar-refractivity contribution is 0.0645. The highest BCUT2D eigenvalue weighted by Crippen LogP contribution is 2.17. The van der Waals surface area contributed by atoms with Gasteiger partial charge in [0, 0.05) is 19.7 Å². The number of rotatable bonds is 7. The Morgan fingerprint density at radius 1 is 1.35 bits per heavy atom. The van der Waals surface area contributed by atoms with Gasteiger partial charge in [-0.05, 0) is 26.7 Å². The molecule has 1 aliphatic heterocycles. The highest BCUT2D eigenvalue weighted by atomic mass is 16.5. The number of hydrogen-bond donors (Lipinski definition) is 2. The summed E-state index contributed by atoms with van der Waals surface area (Å²) >= 11 is 0. The third-order valence-corrected chi connectivity index (χ3v) is 3.20. The first-order valence-corrected chi connectivity index (χ1v) is 6.98. The van der Waals surface area contributed by atoms with E-state index in [4.69, 9.17) is 15.3 Å². The minimum Gasteiger partial charge on any atom is -0.461 e. The second kappa shape index (κ2) is 7.20. The first kappa shape index (κ1) is 14.7. The maximum Gasteiger partial charge on any atom is 0.323 e. The van der Waals surface area contributed by atoms with Gasteiger partial charge in [0.25, 0.3) is 0 Å². The van der Waals surface area contributed by atoms with E-state index in [0.717, 1.165) is 32.5 Å². The van der Waals surface area contributed by atoms with Crippen molar-refractivity contribution < 1.29 is 9.47 Å². The van der Waals surface area contributed by atoms with Crippen molar-refractivity contribution in [1.29, 1.82) is 0 Å². The van der Waals surface area contributed by atoms with E-state index in [9.17, 15) is 0 Å². The fourth-order valence-electron chi connectivity index (χ4n) is 2.07. The fourth-order valence-corrected chi connectivity index (χ4v) is 2.07. The number of ether oxygens (including phenoxy) is 2. The van der Waals surface area contributed by atoms with Crippen LogP contribution < -0.4 is 20.9 Å². The van der Waals surface area contributed by atoms with Crippen molar-refractivity contribution >= 4 is 11.9 Å². The molecule has 0 spiro atoms. The number of nitrogens with two attached hydrogens (primary N) is 1. The van der Waals surface area contributed by atoms with Gasteiger partial charge in [0.2, 0.25) is 11.9 Å². The van der Waals surface area contributed by atoms with Gasteiger partial charge in [-0.2, -0.15) is 15.0 Å². The van der Waals surface area contributed by atoms with E-state index in [1.807, 2.05) is 18.7 Å². The van der Waals surface area contributed by atoms with Crippen molar-refractivity contribution in [2.75, 3.05) is 36.6 Å². The van der Waals surface area contributed by atoms with Crippen LogP contribution in [0.3, 0.4) is 0 Å². The molecule has 0 aromatic carbocycles. The van der Waals surface area contributed by atoms with Crippen molar-refractivity contribution in [3.05, 3.63) is 0 Å². The van der Waals surface area contributed by atoms with Crippen LogP contribution in [0.5, 0.6) is 6.01 Å². The number of hydrogen-bond acceptors (Lipinski definition) is 8. The van der Waals surface area contributed by atoms with Crippen LogP contribution in [0.15, 0.2) is 0 Å². The largest absolute Gasteiger partial charge is 0.461 e. The first-order chi connectivity index (χ1) is 9.76. The second-order valence-corrected chi connectivity index (χ2v) is 4.50. The number of aromatic nitrogens is 3. The number of hydrazine groups is 1. The zero-order valence-electron chi connectivity index (χ0n) is 12.0. The van der Waals surface area contributed by atoms with Gasteiger partial charge in [0.1, 0.15) is 6.61 Å². The third kappa shape index (κ3) is 3.67. The maximum atomic E-state index is 5.60. The summed E-state index contributed by atoms with van der Waals surface area (Å²) in [4.78, 5) is 14.6. The van der Waals surface area contributed by atoms with Gasteiger partial charge in [-0.15, -0.1) is 0 Å². The Kier molecular flexibility index (Phi) is 5.31. The average Bonchev–Trinajstić information content (AvgIpc) is 2.99. The van der Waals surface area contributed by atoms with Crippen LogP contribution in [0.4, 0.5) is 11.9 Å². The molecule has 0 amide bonds. The molecule has 20 heavy (non-hydrogen) atoms. The molecule has 0 bridgehead atoms. The van der Waals surface area contributed by atoms with Gasteiger partial charge in [0.15, 0.2) is 0 Å². The Morgan fingerprint density at radius 3 is 2.75 bits per heavy atom. The summed E-state index contributed by atoms with van der Waals surface area (Å²) in [6, 6.07) is 0.269. The molecule has 0 aliphatic carbocycles. The first-order valence-electron chi connectivity index (χ1n) is 6.98. The van der Waals surface area contributed by atoms with Gasteiger partial charge >= 0.3 is 6.01 Å². The van der Waals surface area contributed by atoms with Crippen molar-refractivity contribution in [2.24, 2.45) is 5.84 Å². The number of anilines is 2. The van der Waals surface area contributed by atoms with E-state index >= 15 is 0 Å². The van der Waals surface area contributed by atoms with Crippen LogP contribution >= 0.6 is 0 Å². The van der Waals surface area contributed by atoms with Gasteiger partial charge < -0.3 is 14.4 Å². The molecule has 1 aliphatic rings. The van der Waals surface area contributed by atoms with Crippen LogP contribution in [0.2, 0.25) is 0 Å². The Hall–Kier alpha value is -1.67. The molecule has 2 rings (SSSR count). The SMILES string of the molecule is CCN(CC)c1nc(NN)nc(OCC2CCCO2)n1. The lowest BCUT2D eigenvalue weighted by Gasteiger charge is -2.19. The summed E-state index contributed by atoms with van der Waals surface area (Å²) in [6.07, 6.45) is 2.21. The summed E-state index contributed by atoms with van der Waals surface area (Å²) in [7, 11) is 0. The summed E-state index contributed by atoms with van der Waals surface area (Å²) in [6.45, 7) is 6.92. The molecule has 8 heteroatoms. The maximum absolute atomic E-state index is 5.60. The molecule has 1 atom stereocenters. The van der Waals surface area contributed by atoms with Gasteiger partial charge in [-0.25, -0.2) is 5.84 Å². The lowest BCUT2D eigenvalue weighted by atomic mass is 10.2. The van der Waals surface area contributed by atoms with E-state index in [0.29, 0.717) is 18.5 Å². The topological polar surface area (TPSA) is 98.4 Å². The molecular weight excluding hydrogens is 260 g/mol. The number of nitrogens with one attached hydrogen (secondary N) is 1. The van der Waals surface area contributed by atoms with Crippen LogP contribution in [-0.2, 0) is 4.74 Å². The van der Waals surface area contributed by atoms with Gasteiger partial charge in [-0.1, -0.05) is 0 Å². The monoisotopic (exact) mass is 282 g/mol. The molecule has 1 saturated heterocycles. The van der Waals surface area contributed by atoms with Gasteiger partial charge in [-0.3, -0.25) is 5.43 Å². The highest BCUT2D eigenvalue weighted by molar-refractivity contribution is 5.37. The minimum absolute atomic E-state index is 0.123. The lowest BCUT2D eigenvalue weighted by Crippen LogP contribution is -2.26. The molecular formula is C12H22N6O2. The van der Waals surface area contributed by atoms with Crippen molar-refractivity contribution in [3.8, 4) is 6.01 Å². The zero-order valence-corrected chi connectivity index (χ0v) is 12.0. The molecule has 0 radical (unpaired) electrons. The summed E-state index contributed by atoms with van der Waals surface area (Å²) < 4.78 is 11.1. The van der Waals surface area contributed by atoms with Gasteiger partial charge in [0.05, 0.1) is 6.10 Å². The smallest absolute Gasteiger partial charge is 0.323 e. The summed E-state index contributed by atoms with van der Waals surface area (Å²) in [5, 5.41) is 0. The Bertz CT molecular complexity index is 420. The van der Waals surface area contributed by atoms with Crippen LogP contribution in [0.1, 0.15) is 26.7 Å². The van der Waals surface area contributed by atoms with E-state index < -0.39 is 0 Å². The minimum atomic E-state index is 0.123. The van der Waals surface area contributed by atoms with E-state index in [1.54, 1.807) is 0 Å². The molecule has 112 valence electrons. The van der Waals surface area contributed by atoms with E-state index in [1.165, 1.54) is 0 Å². The Morgan fingerprint density at radius 2 is 2.15 bits per heavy atom. The molecule has 2 heterocycles. The molecule has 0 saturated carbocycles. The summed E-state index contributed by atoms with van der Waals surface area (Å²) in [5.41, 5.74) is 2.44. The zero-order chi connectivity index (χ0) is 14.4. The van der Waals surface area contributed by atoms with Crippen LogP contribution in [0, 0.1) is 0 Å². The number of nitrogens with zero attached hydrogens (tertiary/aromatic N) is 4. The van der Waals surface area contributed by atoms with E-state index in [2.05, 4.69) is 20.4 Å². The van der Waals surface area contributed by atoms with Crippen molar-refractivity contribution in [3.63, 3.8) is 0 Å². The predicted octanol–water partition coefficient (Wildman–Crippen LogP) is 0.561. The van der Waals surface area contributed by atoms with Crippen LogP contribution in [0.25, 0.3) is 0 Å². The molecule has 3 N–H and O–H groups in total. The van der Waals surface area contributed by atoms with Crippen molar-refractivity contribution in [1.82, 2.24) is 15.0 Å². The number of nitrogen functional groups attached to an aromatic ring is 1. The average molecular weight is 282 g/mol. The highest BCUT2D eigenvalue weighted by Gasteiger charge is 2.18. The predicted molar refractivity (Wildman–Crippen MR) is 75.7 cm³/mol. The molecule has 1 aromatic heterocycles. The Balaban J connectivity index is 2.08. The quantitative estimate of drug-likeness (QED) is 0.553. The van der Waals surface area contributed by atoms with E-state index in [-0.39, 0.29) is 12.1 Å². The molecule has 1 fully saturated rings. The fraction of sp³-hybridized carbons (Fsp3) is 0.750. The van der Waals surface area contributed by atoms with Crippen LogP contribution in [-0.4, -0.2) is 47.4 Å². The molecule has 1 aromatic rings. The Labute approximate surface area is 118 Å². The standard InChI is InChI=1S/C12H22N6O2/c1-3-18(4-2)11-14-10(17-13)15-12(16-11)20-8-9-6-5-7-19-9/h9H,3-8,13H2,1-2H3,(H,14,15,16,17). The third-order valence-electron chi connectivity index (χ3n) is 3.20. The molecule has 1 unspecified atom stereocenters.